The number of aromatic nitrogens is 2. The van der Waals surface area contributed by atoms with E-state index in [4.69, 9.17) is 5.11 Å². The van der Waals surface area contributed by atoms with E-state index in [0.29, 0.717) is 16.9 Å². The van der Waals surface area contributed by atoms with Gasteiger partial charge in [0.25, 0.3) is 5.91 Å². The van der Waals surface area contributed by atoms with E-state index >= 15 is 0 Å². The summed E-state index contributed by atoms with van der Waals surface area (Å²) < 4.78 is 15.1. The highest BCUT2D eigenvalue weighted by molar-refractivity contribution is 5.95. The molecule has 9 heteroatoms. The van der Waals surface area contributed by atoms with E-state index < -0.39 is 30.4 Å². The summed E-state index contributed by atoms with van der Waals surface area (Å²) >= 11 is 0. The van der Waals surface area contributed by atoms with E-state index in [0.717, 1.165) is 5.56 Å². The Hall–Kier alpha value is -3.82. The molecule has 1 aromatic heterocycles. The lowest BCUT2D eigenvalue weighted by atomic mass is 9.98. The van der Waals surface area contributed by atoms with Gasteiger partial charge < -0.3 is 20.6 Å². The lowest BCUT2D eigenvalue weighted by molar-refractivity contribution is -0.139. The van der Waals surface area contributed by atoms with Gasteiger partial charge in [-0.05, 0) is 48.7 Å². The normalized spacial score (nSPS) is 14.0. The summed E-state index contributed by atoms with van der Waals surface area (Å²) in [6.45, 7) is 5.69. The lowest BCUT2D eigenvalue weighted by Crippen LogP contribution is -2.28. The number of aliphatic hydroxyl groups is 2. The van der Waals surface area contributed by atoms with Gasteiger partial charge in [0, 0.05) is 12.0 Å². The third kappa shape index (κ3) is 7.34. The second-order valence-corrected chi connectivity index (χ2v) is 9.21. The van der Waals surface area contributed by atoms with E-state index in [-0.39, 0.29) is 30.0 Å². The third-order valence-corrected chi connectivity index (χ3v) is 5.87. The smallest absolute Gasteiger partial charge is 0.305 e. The number of amides is 1. The fraction of sp³-hybridized carbons (Fsp3) is 0.321. The fourth-order valence-corrected chi connectivity index (χ4v) is 4.05. The van der Waals surface area contributed by atoms with Gasteiger partial charge in [-0.1, -0.05) is 50.3 Å². The van der Waals surface area contributed by atoms with E-state index in [1.54, 1.807) is 6.08 Å². The van der Waals surface area contributed by atoms with Crippen LogP contribution in [0.2, 0.25) is 0 Å². The molecule has 0 spiro atoms. The lowest BCUT2D eigenvalue weighted by Gasteiger charge is -2.15. The molecule has 1 heterocycles. The topological polar surface area (TPSA) is 125 Å². The second kappa shape index (κ2) is 12.4. The quantitative estimate of drug-likeness (QED) is 0.307. The number of hydrogen-bond acceptors (Lipinski definition) is 5. The Morgan fingerprint density at radius 1 is 1.05 bits per heavy atom. The van der Waals surface area contributed by atoms with Gasteiger partial charge in [-0.2, -0.15) is 5.10 Å². The van der Waals surface area contributed by atoms with Gasteiger partial charge in [0.2, 0.25) is 0 Å². The van der Waals surface area contributed by atoms with Gasteiger partial charge in [-0.3, -0.25) is 9.59 Å². The van der Waals surface area contributed by atoms with E-state index in [2.05, 4.69) is 10.4 Å². The second-order valence-electron chi connectivity index (χ2n) is 9.21. The summed E-state index contributed by atoms with van der Waals surface area (Å²) in [4.78, 5) is 24.2. The van der Waals surface area contributed by atoms with Crippen LogP contribution in [-0.2, 0) is 4.79 Å². The van der Waals surface area contributed by atoms with Crippen LogP contribution in [0.1, 0.15) is 72.9 Å². The number of aliphatic carboxylic acids is 1. The van der Waals surface area contributed by atoms with Crippen molar-refractivity contribution in [3.05, 3.63) is 89.0 Å². The van der Waals surface area contributed by atoms with Crippen LogP contribution in [0.5, 0.6) is 0 Å². The molecule has 0 unspecified atom stereocenters. The average molecular weight is 510 g/mol. The number of halogens is 1. The van der Waals surface area contributed by atoms with Crippen LogP contribution < -0.4 is 5.32 Å². The number of benzene rings is 2. The highest BCUT2D eigenvalue weighted by Crippen LogP contribution is 2.28. The van der Waals surface area contributed by atoms with Crippen molar-refractivity contribution < 1.29 is 29.3 Å². The van der Waals surface area contributed by atoms with Gasteiger partial charge in [0.05, 0.1) is 36.1 Å². The van der Waals surface area contributed by atoms with Crippen LogP contribution in [0.4, 0.5) is 4.39 Å². The first-order valence-electron chi connectivity index (χ1n) is 12.1. The molecule has 8 nitrogen and oxygen atoms in total. The Balaban J connectivity index is 2.00. The first-order chi connectivity index (χ1) is 17.6. The molecule has 2 aromatic carbocycles. The number of carbonyl (C=O) groups excluding carboxylic acids is 1. The van der Waals surface area contributed by atoms with Crippen molar-refractivity contribution in [2.24, 2.45) is 0 Å². The van der Waals surface area contributed by atoms with Crippen molar-refractivity contribution in [3.63, 3.8) is 0 Å². The summed E-state index contributed by atoms with van der Waals surface area (Å²) in [7, 11) is 0. The van der Waals surface area contributed by atoms with Crippen molar-refractivity contribution in [1.82, 2.24) is 15.1 Å². The average Bonchev–Trinajstić information content (AvgIpc) is 3.23. The molecule has 3 atom stereocenters. The van der Waals surface area contributed by atoms with E-state index in [9.17, 15) is 24.2 Å². The maximum absolute atomic E-state index is 13.6. The van der Waals surface area contributed by atoms with E-state index in [1.807, 2.05) is 51.1 Å². The van der Waals surface area contributed by atoms with Crippen molar-refractivity contribution in [3.8, 4) is 5.69 Å². The number of carbonyl (C=O) groups is 2. The Morgan fingerprint density at radius 2 is 1.70 bits per heavy atom. The first-order valence-corrected chi connectivity index (χ1v) is 12.1. The number of carboxylic acids is 1. The van der Waals surface area contributed by atoms with Crippen LogP contribution in [-0.4, -0.2) is 49.2 Å². The third-order valence-electron chi connectivity index (χ3n) is 5.87. The van der Waals surface area contributed by atoms with Crippen LogP contribution in [0.15, 0.2) is 60.7 Å². The van der Waals surface area contributed by atoms with Crippen molar-refractivity contribution in [2.75, 3.05) is 0 Å². The van der Waals surface area contributed by atoms with Crippen LogP contribution in [0.3, 0.4) is 0 Å². The summed E-state index contributed by atoms with van der Waals surface area (Å²) in [5, 5.41) is 36.6. The highest BCUT2D eigenvalue weighted by Gasteiger charge is 2.26. The molecule has 3 aromatic rings. The number of nitrogens with one attached hydrogen (secondary N) is 1. The first kappa shape index (κ1) is 27.8. The minimum atomic E-state index is -1.22. The zero-order valence-electron chi connectivity index (χ0n) is 21.0. The maximum atomic E-state index is 13.6. The summed E-state index contributed by atoms with van der Waals surface area (Å²) in [6, 6.07) is 14.9. The summed E-state index contributed by atoms with van der Waals surface area (Å²) in [5.41, 5.74) is 2.77. The molecule has 196 valence electrons. The SMILES string of the molecule is CC(C)c1c(C(=O)N[C@@H](C)c2ccccc2)nn(-c2ccc(F)cc2)c1C=C[C@@H](O)C[C@@H](O)CC(=O)O. The molecular weight excluding hydrogens is 477 g/mol. The number of rotatable bonds is 11. The Kier molecular flexibility index (Phi) is 9.32. The van der Waals surface area contributed by atoms with Gasteiger partial charge in [0.15, 0.2) is 5.69 Å². The zero-order valence-corrected chi connectivity index (χ0v) is 21.0. The molecule has 0 aliphatic heterocycles. The molecule has 0 radical (unpaired) electrons. The minimum absolute atomic E-state index is 0.142. The molecular formula is C28H32FN3O5. The van der Waals surface area contributed by atoms with Gasteiger partial charge in [0.1, 0.15) is 5.82 Å². The molecule has 37 heavy (non-hydrogen) atoms. The number of hydrogen-bond donors (Lipinski definition) is 4. The molecule has 0 saturated heterocycles. The molecule has 0 bridgehead atoms. The fourth-order valence-electron chi connectivity index (χ4n) is 4.05. The van der Waals surface area contributed by atoms with Crippen LogP contribution in [0, 0.1) is 5.82 Å². The van der Waals surface area contributed by atoms with Crippen LogP contribution in [0.25, 0.3) is 11.8 Å². The number of nitrogens with zero attached hydrogens (tertiary/aromatic N) is 2. The van der Waals surface area contributed by atoms with Gasteiger partial charge >= 0.3 is 5.97 Å². The van der Waals surface area contributed by atoms with Crippen LogP contribution >= 0.6 is 0 Å². The molecule has 4 N–H and O–H groups in total. The predicted molar refractivity (Wildman–Crippen MR) is 138 cm³/mol. The van der Waals surface area contributed by atoms with Gasteiger partial charge in [-0.15, -0.1) is 0 Å². The predicted octanol–water partition coefficient (Wildman–Crippen LogP) is 4.23. The largest absolute Gasteiger partial charge is 0.481 e. The van der Waals surface area contributed by atoms with E-state index in [1.165, 1.54) is 35.0 Å². The molecule has 0 aliphatic rings. The zero-order chi connectivity index (χ0) is 27.1. The molecule has 0 saturated carbocycles. The molecule has 1 amide bonds. The monoisotopic (exact) mass is 509 g/mol. The summed E-state index contributed by atoms with van der Waals surface area (Å²) in [6.07, 6.45) is -0.0129. The van der Waals surface area contributed by atoms with Crippen molar-refractivity contribution in [2.45, 2.75) is 57.8 Å². The van der Waals surface area contributed by atoms with Crippen molar-refractivity contribution in [1.29, 1.82) is 0 Å². The van der Waals surface area contributed by atoms with Gasteiger partial charge in [-0.25, -0.2) is 9.07 Å². The minimum Gasteiger partial charge on any atom is -0.481 e. The Labute approximate surface area is 215 Å². The standard InChI is InChI=1S/C28H32FN3O5/c1-17(2)26-24(14-13-22(33)15-23(34)16-25(35)36)32(21-11-9-20(29)10-12-21)31-27(26)28(37)30-18(3)19-7-5-4-6-8-19/h4-14,17-18,22-23,33-34H,15-16H2,1-3H3,(H,30,37)(H,35,36)/t18-,22+,23+/m0/s1. The Bertz CT molecular complexity index is 1240. The number of aliphatic hydroxyl groups excluding tert-OH is 2. The van der Waals surface area contributed by atoms with Crippen molar-refractivity contribution >= 4 is 18.0 Å². The summed E-state index contributed by atoms with van der Waals surface area (Å²) in [5.74, 6) is -2.11. The highest BCUT2D eigenvalue weighted by atomic mass is 19.1. The molecule has 0 aliphatic carbocycles. The number of carboxylic acid groups (broad SMARTS) is 1. The maximum Gasteiger partial charge on any atom is 0.305 e. The molecule has 0 fully saturated rings. The molecule has 3 rings (SSSR count). The Morgan fingerprint density at radius 3 is 2.30 bits per heavy atom.